The summed E-state index contributed by atoms with van der Waals surface area (Å²) >= 11 is 21.2. The van der Waals surface area contributed by atoms with E-state index >= 15 is 0 Å². The molecule has 0 atom stereocenters. The predicted octanol–water partition coefficient (Wildman–Crippen LogP) is 8.39. The number of unbranched alkanes of at least 4 members (excludes halogenated alkanes) is 1. The number of hydrogen-bond donors (Lipinski definition) is 2. The Bertz CT molecular complexity index is 561. The average Bonchev–Trinajstić information content (AvgIpc) is 2.45. The minimum absolute atomic E-state index is 0. The Labute approximate surface area is 269 Å². The summed E-state index contributed by atoms with van der Waals surface area (Å²) in [6.45, 7) is 42.0. The van der Waals surface area contributed by atoms with Crippen LogP contribution in [0.4, 0.5) is 0 Å². The third-order valence-electron chi connectivity index (χ3n) is 4.37. The molecule has 4 nitrogen and oxygen atoms in total. The predicted molar refractivity (Wildman–Crippen MR) is 181 cm³/mol. The molecule has 0 amide bonds. The van der Waals surface area contributed by atoms with Crippen molar-refractivity contribution in [3.05, 3.63) is 6.92 Å². The van der Waals surface area contributed by atoms with Crippen molar-refractivity contribution in [3.63, 3.8) is 0 Å². The molecule has 0 saturated carbocycles. The summed E-state index contributed by atoms with van der Waals surface area (Å²) in [5.74, 6) is -1.20. The number of hydrogen-bond acceptors (Lipinski definition) is 4. The molecule has 0 bridgehead atoms. The summed E-state index contributed by atoms with van der Waals surface area (Å²) in [6.07, 6.45) is 2.28. The Kier molecular flexibility index (Phi) is 23.5. The van der Waals surface area contributed by atoms with Crippen LogP contribution in [0.5, 0.6) is 0 Å². The second-order valence-corrected chi connectivity index (χ2v) is 29.7. The Morgan fingerprint density at radius 2 is 1.00 bits per heavy atom. The van der Waals surface area contributed by atoms with Crippen LogP contribution < -0.4 is 28.8 Å². The number of nitrogens with one attached hydrogen (secondary N) is 2. The van der Waals surface area contributed by atoms with Gasteiger partial charge in [0.2, 0.25) is 8.40 Å². The first-order valence-corrected chi connectivity index (χ1v) is 24.8. The molecule has 1 rings (SSSR count). The Morgan fingerprint density at radius 1 is 0.784 bits per heavy atom. The van der Waals surface area contributed by atoms with Crippen molar-refractivity contribution in [1.29, 1.82) is 0 Å². The van der Waals surface area contributed by atoms with Gasteiger partial charge in [0, 0.05) is 22.2 Å². The van der Waals surface area contributed by atoms with Gasteiger partial charge in [0.15, 0.2) is 14.4 Å². The summed E-state index contributed by atoms with van der Waals surface area (Å²) in [6, 6.07) is 0. The maximum Gasteiger partial charge on any atom is 1.00 e. The van der Waals surface area contributed by atoms with E-state index in [0.717, 1.165) is 6.42 Å². The molecule has 1 fully saturated rings. The first-order chi connectivity index (χ1) is 15.5. The van der Waals surface area contributed by atoms with Gasteiger partial charge in [0.05, 0.1) is 0 Å². The van der Waals surface area contributed by atoms with E-state index < -0.39 is 30.3 Å². The van der Waals surface area contributed by atoms with Gasteiger partial charge in [-0.25, -0.2) is 0 Å². The van der Waals surface area contributed by atoms with Crippen LogP contribution in [0.3, 0.4) is 0 Å². The fraction of sp³-hybridized carbons (Fsp3) is 0.958. The van der Waals surface area contributed by atoms with Crippen molar-refractivity contribution in [2.24, 2.45) is 0 Å². The molecule has 2 N–H and O–H groups in total. The zero-order chi connectivity index (χ0) is 30.1. The van der Waals surface area contributed by atoms with E-state index in [4.69, 9.17) is 45.0 Å². The van der Waals surface area contributed by atoms with E-state index in [1.54, 1.807) is 0 Å². The molecule has 0 aromatic heterocycles. The summed E-state index contributed by atoms with van der Waals surface area (Å²) in [7, 11) is -3.56. The maximum atomic E-state index is 6.59. The quantitative estimate of drug-likeness (QED) is 0.180. The Hall–Kier alpha value is 2.89. The largest absolute Gasteiger partial charge is 1.00 e. The molecule has 0 radical (unpaired) electrons. The minimum atomic E-state index is -1.48. The van der Waals surface area contributed by atoms with Crippen LogP contribution in [0.15, 0.2) is 0 Å². The Balaban J connectivity index is -0.000000225. The van der Waals surface area contributed by atoms with Crippen molar-refractivity contribution in [1.82, 2.24) is 18.6 Å². The molecular formula is C24H59Cl4LiN4P2Si2. The molecule has 0 aliphatic carbocycles. The van der Waals surface area contributed by atoms with Gasteiger partial charge in [0.25, 0.3) is 0 Å². The van der Waals surface area contributed by atoms with E-state index in [9.17, 15) is 0 Å². The standard InChI is InChI=1S/C10H24ClN2PSi.C10H26N2Si.C4H9.Cl3P.Li/c1-9(2,3)12-14(11)13(10(4,5)6)15(12,7)8;1-9(2,3)11-13(7,8)12-10(4,5)6;1-3-4-2;1-4(2)3;/h1-8H3;11-12H,1-8H3;1,3-4H2,2H3;;/q;;-1;;+1. The smallest absolute Gasteiger partial charge is 0.343 e. The topological polar surface area (TPSA) is 30.5 Å². The van der Waals surface area contributed by atoms with Gasteiger partial charge in [-0.3, -0.25) is 8.67 Å². The monoisotopic (exact) mass is 668 g/mol. The fourth-order valence-corrected chi connectivity index (χ4v) is 21.4. The van der Waals surface area contributed by atoms with Gasteiger partial charge in [-0.15, -0.1) is 0 Å². The third kappa shape index (κ3) is 23.1. The summed E-state index contributed by atoms with van der Waals surface area (Å²) < 4.78 is 5.12. The van der Waals surface area contributed by atoms with Crippen molar-refractivity contribution in [2.75, 3.05) is 0 Å². The second-order valence-electron chi connectivity index (χ2n) is 14.1. The molecular weight excluding hydrogens is 611 g/mol. The second kappa shape index (κ2) is 18.5. The zero-order valence-corrected chi connectivity index (χ0v) is 34.2. The van der Waals surface area contributed by atoms with Crippen LogP contribution in [0.25, 0.3) is 0 Å². The van der Waals surface area contributed by atoms with Crippen molar-refractivity contribution in [3.8, 4) is 0 Å². The first kappa shape index (κ1) is 46.8. The fourth-order valence-electron chi connectivity index (χ4n) is 4.59. The first-order valence-electron chi connectivity index (χ1n) is 12.7. The van der Waals surface area contributed by atoms with Gasteiger partial charge >= 0.3 is 18.9 Å². The van der Waals surface area contributed by atoms with E-state index in [1.165, 1.54) is 6.42 Å². The molecule has 0 aromatic carbocycles. The maximum absolute atomic E-state index is 6.59. The summed E-state index contributed by atoms with van der Waals surface area (Å²) in [5, 5.41) is 0. The minimum Gasteiger partial charge on any atom is -0.343 e. The van der Waals surface area contributed by atoms with Gasteiger partial charge in [-0.2, -0.15) is 6.42 Å². The van der Waals surface area contributed by atoms with Crippen LogP contribution in [0, 0.1) is 6.92 Å². The summed E-state index contributed by atoms with van der Waals surface area (Å²) in [4.78, 5) is 7.36. The van der Waals surface area contributed by atoms with E-state index in [-0.39, 0.29) is 41.0 Å². The van der Waals surface area contributed by atoms with Gasteiger partial charge in [-0.1, -0.05) is 58.3 Å². The summed E-state index contributed by atoms with van der Waals surface area (Å²) in [5.41, 5.74) is 0.803. The van der Waals surface area contributed by atoms with Gasteiger partial charge in [-0.05, 0) is 109 Å². The molecule has 13 heteroatoms. The van der Waals surface area contributed by atoms with Crippen molar-refractivity contribution in [2.45, 2.75) is 151 Å². The van der Waals surface area contributed by atoms with Crippen LogP contribution in [0.2, 0.25) is 26.2 Å². The number of nitrogens with zero attached hydrogens (tertiary/aromatic N) is 2. The number of halogens is 4. The molecule has 1 aliphatic rings. The van der Waals surface area contributed by atoms with Crippen molar-refractivity contribution >= 4 is 75.3 Å². The molecule has 1 saturated heterocycles. The Morgan fingerprint density at radius 3 is 1.11 bits per heavy atom. The zero-order valence-electron chi connectivity index (χ0n) is 27.4. The van der Waals surface area contributed by atoms with Crippen LogP contribution >= 0.6 is 58.5 Å². The molecule has 0 aromatic rings. The third-order valence-corrected chi connectivity index (χ3v) is 18.1. The SMILES string of the molecule is CC(C)(C)N1P(Cl)N(C(C)(C)C)[Si]1(C)C.CC(C)(C)N[Si](C)(C)NC(C)(C)C.ClP(Cl)Cl.[CH2-]CCC.[Li+]. The van der Waals surface area contributed by atoms with E-state index in [0.29, 0.717) is 0 Å². The molecule has 1 heterocycles. The molecule has 37 heavy (non-hydrogen) atoms. The van der Waals surface area contributed by atoms with Gasteiger partial charge in [0.1, 0.15) is 7.58 Å². The number of rotatable bonds is 3. The van der Waals surface area contributed by atoms with Crippen LogP contribution in [-0.2, 0) is 0 Å². The average molecular weight is 671 g/mol. The van der Waals surface area contributed by atoms with Crippen molar-refractivity contribution < 1.29 is 18.9 Å². The van der Waals surface area contributed by atoms with E-state index in [2.05, 4.69) is 142 Å². The molecule has 222 valence electrons. The van der Waals surface area contributed by atoms with Gasteiger partial charge < -0.3 is 16.9 Å². The molecule has 0 unspecified atom stereocenters. The molecule has 0 spiro atoms. The van der Waals surface area contributed by atoms with Crippen LogP contribution in [0.1, 0.15) is 103 Å². The molecule has 1 aliphatic heterocycles. The van der Waals surface area contributed by atoms with E-state index in [1.807, 2.05) is 0 Å². The van der Waals surface area contributed by atoms with Crippen LogP contribution in [-0.4, -0.2) is 47.6 Å². The normalized spacial score (nSPS) is 17.3.